The summed E-state index contributed by atoms with van der Waals surface area (Å²) in [6.45, 7) is 0.125. The zero-order valence-corrected chi connectivity index (χ0v) is 14.8. The van der Waals surface area contributed by atoms with E-state index >= 15 is 0 Å². The molecule has 1 aromatic carbocycles. The van der Waals surface area contributed by atoms with Gasteiger partial charge >= 0.3 is 6.18 Å². The third-order valence-electron chi connectivity index (χ3n) is 3.70. The Morgan fingerprint density at radius 3 is 2.32 bits per heavy atom. The van der Waals surface area contributed by atoms with Gasteiger partial charge in [0, 0.05) is 18.0 Å². The van der Waals surface area contributed by atoms with Gasteiger partial charge in [-0.05, 0) is 54.5 Å². The van der Waals surface area contributed by atoms with E-state index in [1.54, 1.807) is 0 Å². The third kappa shape index (κ3) is 5.53. The van der Waals surface area contributed by atoms with Crippen molar-refractivity contribution in [1.29, 1.82) is 0 Å². The predicted octanol–water partition coefficient (Wildman–Crippen LogP) is 3.60. The Morgan fingerprint density at radius 2 is 1.80 bits per heavy atom. The minimum Gasteiger partial charge on any atom is -0.396 e. The largest absolute Gasteiger partial charge is 0.416 e. The van der Waals surface area contributed by atoms with Gasteiger partial charge in [-0.2, -0.15) is 13.2 Å². The van der Waals surface area contributed by atoms with E-state index in [1.807, 2.05) is 17.5 Å². The molecule has 0 amide bonds. The molecule has 2 aromatic rings. The average Bonchev–Trinajstić information content (AvgIpc) is 3.07. The molecule has 138 valence electrons. The number of alkyl halides is 3. The molecule has 1 unspecified atom stereocenters. The van der Waals surface area contributed by atoms with Crippen LogP contribution >= 0.6 is 11.3 Å². The fraction of sp³-hybridized carbons (Fsp3) is 0.375. The Morgan fingerprint density at radius 1 is 1.12 bits per heavy atom. The second-order valence-corrected chi connectivity index (χ2v) is 8.18. The molecule has 0 spiro atoms. The van der Waals surface area contributed by atoms with E-state index in [0.29, 0.717) is 12.8 Å². The molecule has 0 bridgehead atoms. The van der Waals surface area contributed by atoms with Gasteiger partial charge in [0.2, 0.25) is 10.0 Å². The van der Waals surface area contributed by atoms with Gasteiger partial charge in [-0.1, -0.05) is 6.07 Å². The average molecular weight is 393 g/mol. The van der Waals surface area contributed by atoms with Crippen molar-refractivity contribution in [2.45, 2.75) is 29.8 Å². The molecule has 0 aliphatic carbocycles. The summed E-state index contributed by atoms with van der Waals surface area (Å²) in [5, 5.41) is 11.0. The van der Waals surface area contributed by atoms with Crippen molar-refractivity contribution in [1.82, 2.24) is 4.72 Å². The second-order valence-electron chi connectivity index (χ2n) is 5.43. The molecule has 4 nitrogen and oxygen atoms in total. The van der Waals surface area contributed by atoms with Crippen LogP contribution in [0.5, 0.6) is 0 Å². The Balaban J connectivity index is 1.99. The van der Waals surface area contributed by atoms with E-state index in [4.69, 9.17) is 5.11 Å². The molecular formula is C16H18F3NO3S2. The van der Waals surface area contributed by atoms with Crippen LogP contribution in [0.1, 0.15) is 29.2 Å². The van der Waals surface area contributed by atoms with Crippen LogP contribution in [0.3, 0.4) is 0 Å². The minimum absolute atomic E-state index is 0.00573. The Kier molecular flexibility index (Phi) is 6.61. The molecule has 0 aliphatic heterocycles. The number of thiophene rings is 1. The highest BCUT2D eigenvalue weighted by Gasteiger charge is 2.30. The van der Waals surface area contributed by atoms with E-state index < -0.39 is 21.8 Å². The lowest BCUT2D eigenvalue weighted by Crippen LogP contribution is -2.26. The molecule has 0 radical (unpaired) electrons. The van der Waals surface area contributed by atoms with Gasteiger partial charge in [-0.3, -0.25) is 0 Å². The van der Waals surface area contributed by atoms with Crippen molar-refractivity contribution in [3.05, 3.63) is 52.2 Å². The van der Waals surface area contributed by atoms with Crippen LogP contribution in [0.4, 0.5) is 13.2 Å². The minimum atomic E-state index is -4.51. The van der Waals surface area contributed by atoms with Crippen molar-refractivity contribution in [3.8, 4) is 0 Å². The summed E-state index contributed by atoms with van der Waals surface area (Å²) in [4.78, 5) is 0.845. The zero-order valence-electron chi connectivity index (χ0n) is 13.2. The van der Waals surface area contributed by atoms with Gasteiger partial charge in [0.15, 0.2) is 0 Å². The summed E-state index contributed by atoms with van der Waals surface area (Å²) in [5.41, 5.74) is -0.896. The highest BCUT2D eigenvalue weighted by Crippen LogP contribution is 2.30. The fourth-order valence-corrected chi connectivity index (χ4v) is 4.33. The first-order chi connectivity index (χ1) is 11.7. The van der Waals surface area contributed by atoms with Gasteiger partial charge in [0.25, 0.3) is 0 Å². The molecule has 1 atom stereocenters. The molecule has 0 saturated heterocycles. The van der Waals surface area contributed by atoms with Crippen molar-refractivity contribution in [2.75, 3.05) is 13.2 Å². The number of rotatable bonds is 8. The van der Waals surface area contributed by atoms with Gasteiger partial charge in [0.1, 0.15) is 0 Å². The summed E-state index contributed by atoms with van der Waals surface area (Å²) in [7, 11) is -3.88. The van der Waals surface area contributed by atoms with Gasteiger partial charge in [-0.15, -0.1) is 11.3 Å². The molecular weight excluding hydrogens is 375 g/mol. The van der Waals surface area contributed by atoms with Crippen LogP contribution in [-0.2, 0) is 16.2 Å². The number of hydrogen-bond acceptors (Lipinski definition) is 4. The van der Waals surface area contributed by atoms with Crippen LogP contribution in [0.15, 0.2) is 46.7 Å². The predicted molar refractivity (Wildman–Crippen MR) is 90.0 cm³/mol. The summed E-state index contributed by atoms with van der Waals surface area (Å²) in [6.07, 6.45) is -3.50. The Hall–Kier alpha value is -1.42. The molecule has 0 aliphatic rings. The summed E-state index contributed by atoms with van der Waals surface area (Å²) in [5.74, 6) is 0.0281. The van der Waals surface area contributed by atoms with E-state index in [-0.39, 0.29) is 24.0 Å². The van der Waals surface area contributed by atoms with Gasteiger partial charge < -0.3 is 5.11 Å². The van der Waals surface area contributed by atoms with Crippen LogP contribution in [0, 0.1) is 0 Å². The number of halogens is 3. The Bertz CT molecular complexity index is 757. The molecule has 0 saturated carbocycles. The molecule has 1 aromatic heterocycles. The topological polar surface area (TPSA) is 66.4 Å². The van der Waals surface area contributed by atoms with E-state index in [1.165, 1.54) is 11.3 Å². The second kappa shape index (κ2) is 8.31. The van der Waals surface area contributed by atoms with Crippen LogP contribution in [0.25, 0.3) is 0 Å². The molecule has 0 fully saturated rings. The number of nitrogens with one attached hydrogen (secondary N) is 1. The molecule has 2 rings (SSSR count). The van der Waals surface area contributed by atoms with Crippen molar-refractivity contribution >= 4 is 21.4 Å². The highest BCUT2D eigenvalue weighted by molar-refractivity contribution is 7.89. The lowest BCUT2D eigenvalue weighted by atomic mass is 10.0. The van der Waals surface area contributed by atoms with Gasteiger partial charge in [0.05, 0.1) is 10.5 Å². The molecule has 25 heavy (non-hydrogen) atoms. The smallest absolute Gasteiger partial charge is 0.396 e. The standard InChI is InChI=1S/C16H18F3NO3S2/c17-16(18,19)13-3-5-14(6-4-13)25(22,23)20-9-7-12(8-10-21)15-2-1-11-24-15/h1-6,11-12,20-21H,7-10H2. The SMILES string of the molecule is O=S(=O)(NCCC(CCO)c1cccs1)c1ccc(C(F)(F)F)cc1. The molecule has 9 heteroatoms. The first-order valence-electron chi connectivity index (χ1n) is 7.55. The lowest BCUT2D eigenvalue weighted by Gasteiger charge is -2.15. The Labute approximate surface area is 148 Å². The molecule has 2 N–H and O–H groups in total. The van der Waals surface area contributed by atoms with Crippen LogP contribution < -0.4 is 4.72 Å². The van der Waals surface area contributed by atoms with Gasteiger partial charge in [-0.25, -0.2) is 13.1 Å². The number of hydrogen-bond donors (Lipinski definition) is 2. The maximum atomic E-state index is 12.5. The van der Waals surface area contributed by atoms with Crippen LogP contribution in [-0.4, -0.2) is 26.7 Å². The highest BCUT2D eigenvalue weighted by atomic mass is 32.2. The summed E-state index contributed by atoms with van der Waals surface area (Å²) < 4.78 is 64.3. The number of aliphatic hydroxyl groups excluding tert-OH is 1. The van der Waals surface area contributed by atoms with E-state index in [2.05, 4.69) is 4.72 Å². The maximum Gasteiger partial charge on any atom is 0.416 e. The molecule has 1 heterocycles. The number of sulfonamides is 1. The maximum absolute atomic E-state index is 12.5. The monoisotopic (exact) mass is 393 g/mol. The van der Waals surface area contributed by atoms with Crippen molar-refractivity contribution in [2.24, 2.45) is 0 Å². The third-order valence-corrected chi connectivity index (χ3v) is 6.21. The van der Waals surface area contributed by atoms with Crippen molar-refractivity contribution in [3.63, 3.8) is 0 Å². The summed E-state index contributed by atoms with van der Waals surface area (Å²) >= 11 is 1.53. The lowest BCUT2D eigenvalue weighted by molar-refractivity contribution is -0.137. The first kappa shape index (κ1) is 19.9. The first-order valence-corrected chi connectivity index (χ1v) is 9.91. The summed E-state index contributed by atoms with van der Waals surface area (Å²) in [6, 6.07) is 7.18. The number of benzene rings is 1. The van der Waals surface area contributed by atoms with Crippen LogP contribution in [0.2, 0.25) is 0 Å². The number of aliphatic hydroxyl groups is 1. The zero-order chi connectivity index (χ0) is 18.5. The normalized spacial score (nSPS) is 13.8. The van der Waals surface area contributed by atoms with E-state index in [0.717, 1.165) is 29.1 Å². The van der Waals surface area contributed by atoms with E-state index in [9.17, 15) is 21.6 Å². The van der Waals surface area contributed by atoms with Crippen molar-refractivity contribution < 1.29 is 26.7 Å². The fourth-order valence-electron chi connectivity index (χ4n) is 2.38. The quantitative estimate of drug-likeness (QED) is 0.720.